The molecule has 1 aliphatic heterocycles. The fourth-order valence-corrected chi connectivity index (χ4v) is 4.26. The van der Waals surface area contributed by atoms with Gasteiger partial charge in [-0.05, 0) is 59.5 Å². The molecule has 0 saturated carbocycles. The fourth-order valence-electron chi connectivity index (χ4n) is 4.26. The number of urea groups is 1. The summed E-state index contributed by atoms with van der Waals surface area (Å²) in [5.74, 6) is 2.52. The van der Waals surface area contributed by atoms with Crippen LogP contribution in [0.15, 0.2) is 60.7 Å². The lowest BCUT2D eigenvalue weighted by Crippen LogP contribution is -2.43. The largest absolute Gasteiger partial charge is 0.493 e. The van der Waals surface area contributed by atoms with E-state index in [2.05, 4.69) is 5.32 Å². The first-order chi connectivity index (χ1) is 16.1. The molecule has 1 N–H and O–H groups in total. The van der Waals surface area contributed by atoms with E-state index in [0.29, 0.717) is 36.0 Å². The van der Waals surface area contributed by atoms with E-state index in [1.165, 1.54) is 0 Å². The van der Waals surface area contributed by atoms with Crippen molar-refractivity contribution in [3.05, 3.63) is 77.4 Å². The van der Waals surface area contributed by atoms with E-state index in [1.807, 2.05) is 65.6 Å². The van der Waals surface area contributed by atoms with Gasteiger partial charge in [-0.15, -0.1) is 0 Å². The summed E-state index contributed by atoms with van der Waals surface area (Å²) in [5, 5.41) is 3.02. The van der Waals surface area contributed by atoms with Crippen molar-refractivity contribution < 1.29 is 23.7 Å². The van der Waals surface area contributed by atoms with E-state index >= 15 is 0 Å². The number of benzene rings is 3. The number of nitrogens with zero attached hydrogens (tertiary/aromatic N) is 1. The number of ether oxygens (including phenoxy) is 4. The molecule has 4 rings (SSSR count). The maximum absolute atomic E-state index is 13.4. The second-order valence-corrected chi connectivity index (χ2v) is 7.66. The normalized spacial score (nSPS) is 14.8. The van der Waals surface area contributed by atoms with Crippen molar-refractivity contribution in [2.24, 2.45) is 0 Å². The standard InChI is InChI=1S/C26H28N2O5/c1-30-21-11-10-18(15-22(21)31-2)25-20-16-24(33-4)23(32-3)14-17(20)12-13-28(25)26(29)27-19-8-6-5-7-9-19/h5-11,14-16,25H,12-13H2,1-4H3,(H,27,29). The lowest BCUT2D eigenvalue weighted by Gasteiger charge is -2.38. The predicted molar refractivity (Wildman–Crippen MR) is 127 cm³/mol. The molecule has 172 valence electrons. The van der Waals surface area contributed by atoms with Gasteiger partial charge in [-0.1, -0.05) is 24.3 Å². The zero-order valence-corrected chi connectivity index (χ0v) is 19.3. The topological polar surface area (TPSA) is 69.3 Å². The summed E-state index contributed by atoms with van der Waals surface area (Å²) in [5.41, 5.74) is 3.74. The number of rotatable bonds is 6. The van der Waals surface area contributed by atoms with Crippen molar-refractivity contribution in [1.82, 2.24) is 4.90 Å². The number of carbonyl (C=O) groups is 1. The molecule has 0 fully saturated rings. The van der Waals surface area contributed by atoms with Crippen LogP contribution in [-0.2, 0) is 6.42 Å². The van der Waals surface area contributed by atoms with Crippen molar-refractivity contribution in [2.45, 2.75) is 12.5 Å². The Hall–Kier alpha value is -3.87. The molecule has 1 unspecified atom stereocenters. The van der Waals surface area contributed by atoms with Crippen molar-refractivity contribution in [3.63, 3.8) is 0 Å². The van der Waals surface area contributed by atoms with E-state index in [4.69, 9.17) is 18.9 Å². The monoisotopic (exact) mass is 448 g/mol. The summed E-state index contributed by atoms with van der Waals surface area (Å²) in [4.78, 5) is 15.3. The third-order valence-electron chi connectivity index (χ3n) is 5.88. The minimum atomic E-state index is -0.350. The lowest BCUT2D eigenvalue weighted by molar-refractivity contribution is 0.193. The summed E-state index contributed by atoms with van der Waals surface area (Å²) < 4.78 is 22.0. The van der Waals surface area contributed by atoms with Crippen molar-refractivity contribution in [1.29, 1.82) is 0 Å². The first kappa shape index (κ1) is 22.3. The van der Waals surface area contributed by atoms with E-state index in [9.17, 15) is 4.79 Å². The maximum atomic E-state index is 13.4. The van der Waals surface area contributed by atoms with Gasteiger partial charge in [0.05, 0.1) is 34.5 Å². The second-order valence-electron chi connectivity index (χ2n) is 7.66. The SMILES string of the molecule is COc1ccc(C2c3cc(OC)c(OC)cc3CCN2C(=O)Nc2ccccc2)cc1OC. The number of methoxy groups -OCH3 is 4. The van der Waals surface area contributed by atoms with Crippen molar-refractivity contribution in [3.8, 4) is 23.0 Å². The maximum Gasteiger partial charge on any atom is 0.322 e. The molecule has 0 radical (unpaired) electrons. The van der Waals surface area contributed by atoms with Crippen LogP contribution in [0, 0.1) is 0 Å². The molecule has 7 heteroatoms. The number of para-hydroxylation sites is 1. The highest BCUT2D eigenvalue weighted by Crippen LogP contribution is 2.43. The quantitative estimate of drug-likeness (QED) is 0.581. The minimum Gasteiger partial charge on any atom is -0.493 e. The summed E-state index contributed by atoms with van der Waals surface area (Å²) in [6, 6.07) is 18.6. The van der Waals surface area contributed by atoms with Crippen molar-refractivity contribution in [2.75, 3.05) is 40.3 Å². The van der Waals surface area contributed by atoms with Gasteiger partial charge in [-0.2, -0.15) is 0 Å². The van der Waals surface area contributed by atoms with Crippen LogP contribution in [0.3, 0.4) is 0 Å². The molecule has 1 atom stereocenters. The Morgan fingerprint density at radius 2 is 1.45 bits per heavy atom. The smallest absolute Gasteiger partial charge is 0.322 e. The Labute approximate surface area is 193 Å². The molecule has 33 heavy (non-hydrogen) atoms. The number of carbonyl (C=O) groups excluding carboxylic acids is 1. The Balaban J connectivity index is 1.81. The highest BCUT2D eigenvalue weighted by Gasteiger charge is 2.34. The van der Waals surface area contributed by atoms with Crippen LogP contribution in [0.1, 0.15) is 22.7 Å². The number of fused-ring (bicyclic) bond motifs is 1. The highest BCUT2D eigenvalue weighted by molar-refractivity contribution is 5.90. The van der Waals surface area contributed by atoms with Crippen LogP contribution in [-0.4, -0.2) is 45.9 Å². The lowest BCUT2D eigenvalue weighted by atomic mass is 9.87. The molecule has 0 saturated heterocycles. The zero-order chi connectivity index (χ0) is 23.4. The van der Waals surface area contributed by atoms with E-state index in [1.54, 1.807) is 28.4 Å². The van der Waals surface area contributed by atoms with Gasteiger partial charge in [0, 0.05) is 12.2 Å². The summed E-state index contributed by atoms with van der Waals surface area (Å²) in [6.07, 6.45) is 0.696. The molecule has 0 aromatic heterocycles. The van der Waals surface area contributed by atoms with Gasteiger partial charge in [0.15, 0.2) is 23.0 Å². The third kappa shape index (κ3) is 4.39. The Morgan fingerprint density at radius 3 is 2.12 bits per heavy atom. The Bertz CT molecular complexity index is 1130. The fraction of sp³-hybridized carbons (Fsp3) is 0.269. The number of amides is 2. The van der Waals surface area contributed by atoms with Crippen LogP contribution in [0.25, 0.3) is 0 Å². The number of hydrogen-bond donors (Lipinski definition) is 1. The van der Waals surface area contributed by atoms with Crippen LogP contribution in [0.4, 0.5) is 10.5 Å². The van der Waals surface area contributed by atoms with Gasteiger partial charge in [0.1, 0.15) is 0 Å². The molecule has 1 aliphatic rings. The van der Waals surface area contributed by atoms with E-state index < -0.39 is 0 Å². The summed E-state index contributed by atoms with van der Waals surface area (Å²) in [6.45, 7) is 0.542. The first-order valence-electron chi connectivity index (χ1n) is 10.7. The van der Waals surface area contributed by atoms with Gasteiger partial charge in [0.2, 0.25) is 0 Å². The van der Waals surface area contributed by atoms with Gasteiger partial charge in [-0.3, -0.25) is 0 Å². The number of hydrogen-bond acceptors (Lipinski definition) is 5. The molecule has 2 amide bonds. The predicted octanol–water partition coefficient (Wildman–Crippen LogP) is 4.90. The molecule has 3 aromatic rings. The Kier molecular flexibility index (Phi) is 6.58. The molecule has 0 bridgehead atoms. The number of anilines is 1. The average Bonchev–Trinajstić information content (AvgIpc) is 2.87. The van der Waals surface area contributed by atoms with Gasteiger partial charge >= 0.3 is 6.03 Å². The molecular weight excluding hydrogens is 420 g/mol. The highest BCUT2D eigenvalue weighted by atomic mass is 16.5. The van der Waals surface area contributed by atoms with Gasteiger partial charge in [-0.25, -0.2) is 4.79 Å². The van der Waals surface area contributed by atoms with E-state index in [0.717, 1.165) is 22.4 Å². The molecule has 0 aliphatic carbocycles. The molecule has 3 aromatic carbocycles. The van der Waals surface area contributed by atoms with Crippen LogP contribution in [0.2, 0.25) is 0 Å². The zero-order valence-electron chi connectivity index (χ0n) is 19.3. The number of nitrogens with one attached hydrogen (secondary N) is 1. The van der Waals surface area contributed by atoms with Gasteiger partial charge in [0.25, 0.3) is 0 Å². The third-order valence-corrected chi connectivity index (χ3v) is 5.88. The molecule has 0 spiro atoms. The van der Waals surface area contributed by atoms with Gasteiger partial charge < -0.3 is 29.2 Å². The second kappa shape index (κ2) is 9.73. The van der Waals surface area contributed by atoms with Crippen LogP contribution in [0.5, 0.6) is 23.0 Å². The molecule has 1 heterocycles. The summed E-state index contributed by atoms with van der Waals surface area (Å²) in [7, 11) is 6.44. The summed E-state index contributed by atoms with van der Waals surface area (Å²) >= 11 is 0. The molecule has 7 nitrogen and oxygen atoms in total. The molecular formula is C26H28N2O5. The minimum absolute atomic E-state index is 0.179. The van der Waals surface area contributed by atoms with Crippen molar-refractivity contribution >= 4 is 11.7 Å². The van der Waals surface area contributed by atoms with Crippen LogP contribution < -0.4 is 24.3 Å². The van der Waals surface area contributed by atoms with E-state index in [-0.39, 0.29) is 12.1 Å². The first-order valence-corrected chi connectivity index (χ1v) is 10.7. The average molecular weight is 449 g/mol. The Morgan fingerprint density at radius 1 is 0.818 bits per heavy atom. The van der Waals surface area contributed by atoms with Crippen LogP contribution >= 0.6 is 0 Å².